The predicted molar refractivity (Wildman–Crippen MR) is 64.1 cm³/mol. The summed E-state index contributed by atoms with van der Waals surface area (Å²) in [6, 6.07) is 0. The largest absolute Gasteiger partial charge is 0.350 e. The molecule has 0 aromatic rings. The zero-order valence-electron chi connectivity index (χ0n) is 9.98. The van der Waals surface area contributed by atoms with Crippen molar-refractivity contribution in [3.05, 3.63) is 0 Å². The van der Waals surface area contributed by atoms with Gasteiger partial charge in [-0.15, -0.1) is 11.6 Å². The molecule has 0 radical (unpaired) electrons. The van der Waals surface area contributed by atoms with Gasteiger partial charge in [-0.1, -0.05) is 12.8 Å². The molecule has 1 amide bonds. The van der Waals surface area contributed by atoms with Crippen molar-refractivity contribution in [2.24, 2.45) is 5.92 Å². The van der Waals surface area contributed by atoms with Crippen LogP contribution in [0.25, 0.3) is 0 Å². The highest BCUT2D eigenvalue weighted by atomic mass is 35.5. The summed E-state index contributed by atoms with van der Waals surface area (Å²) in [7, 11) is 0. The van der Waals surface area contributed by atoms with E-state index in [1.807, 2.05) is 20.8 Å². The van der Waals surface area contributed by atoms with Crippen molar-refractivity contribution in [1.82, 2.24) is 5.32 Å². The quantitative estimate of drug-likeness (QED) is 0.741. The molecular formula is C12H22ClNO. The predicted octanol–water partition coefficient (Wildman–Crippen LogP) is 3.09. The molecule has 0 saturated heterocycles. The maximum atomic E-state index is 11.7. The lowest BCUT2D eigenvalue weighted by Gasteiger charge is -2.29. The number of carbonyl (C=O) groups is 1. The molecule has 1 aliphatic carbocycles. The highest BCUT2D eigenvalue weighted by molar-refractivity contribution is 6.21. The molecule has 1 N–H and O–H groups in total. The van der Waals surface area contributed by atoms with Crippen molar-refractivity contribution in [1.29, 1.82) is 0 Å². The number of alkyl halides is 1. The second-order valence-electron chi connectivity index (χ2n) is 5.24. The molecule has 0 aromatic heterocycles. The molecule has 1 fully saturated rings. The molecule has 0 spiro atoms. The van der Waals surface area contributed by atoms with Gasteiger partial charge in [-0.05, 0) is 39.5 Å². The first-order valence-electron chi connectivity index (χ1n) is 5.87. The number of hydrogen-bond acceptors (Lipinski definition) is 1. The number of halogens is 1. The molecule has 0 aliphatic heterocycles. The summed E-state index contributed by atoms with van der Waals surface area (Å²) in [5.74, 6) is 0.755. The normalized spacial score (nSPS) is 20.3. The van der Waals surface area contributed by atoms with Crippen LogP contribution in [0, 0.1) is 5.92 Å². The maximum Gasteiger partial charge on any atom is 0.220 e. The number of carbonyl (C=O) groups excluding carboxylic acids is 1. The molecule has 0 bridgehead atoms. The van der Waals surface area contributed by atoms with E-state index < -0.39 is 0 Å². The van der Waals surface area contributed by atoms with Crippen molar-refractivity contribution in [3.8, 4) is 0 Å². The molecule has 1 rings (SSSR count). The molecule has 15 heavy (non-hydrogen) atoms. The molecule has 1 unspecified atom stereocenters. The van der Waals surface area contributed by atoms with Gasteiger partial charge >= 0.3 is 0 Å². The van der Waals surface area contributed by atoms with E-state index in [4.69, 9.17) is 11.6 Å². The van der Waals surface area contributed by atoms with Crippen LogP contribution in [0.2, 0.25) is 0 Å². The number of hydrogen-bond donors (Lipinski definition) is 1. The molecule has 0 heterocycles. The monoisotopic (exact) mass is 231 g/mol. The zero-order chi connectivity index (χ0) is 11.5. The summed E-state index contributed by atoms with van der Waals surface area (Å²) < 4.78 is 0. The van der Waals surface area contributed by atoms with E-state index in [1.165, 1.54) is 25.7 Å². The van der Waals surface area contributed by atoms with E-state index in [0.29, 0.717) is 12.3 Å². The average molecular weight is 232 g/mol. The maximum absolute atomic E-state index is 11.7. The summed E-state index contributed by atoms with van der Waals surface area (Å²) in [5.41, 5.74) is -0.308. The second kappa shape index (κ2) is 5.20. The minimum Gasteiger partial charge on any atom is -0.350 e. The Labute approximate surface area is 97.8 Å². The third-order valence-electron chi connectivity index (χ3n) is 3.40. The van der Waals surface area contributed by atoms with Crippen molar-refractivity contribution < 1.29 is 4.79 Å². The van der Waals surface area contributed by atoms with Crippen LogP contribution < -0.4 is 5.32 Å². The Morgan fingerprint density at radius 2 is 2.00 bits per heavy atom. The van der Waals surface area contributed by atoms with E-state index in [9.17, 15) is 4.79 Å². The number of amides is 1. The minimum absolute atomic E-state index is 0.0509. The van der Waals surface area contributed by atoms with Crippen LogP contribution in [0.15, 0.2) is 0 Å². The first-order valence-corrected chi connectivity index (χ1v) is 6.30. The number of nitrogens with one attached hydrogen (secondary N) is 1. The van der Waals surface area contributed by atoms with Gasteiger partial charge in [0, 0.05) is 6.42 Å². The molecule has 2 nitrogen and oxygen atoms in total. The van der Waals surface area contributed by atoms with Gasteiger partial charge in [-0.25, -0.2) is 0 Å². The van der Waals surface area contributed by atoms with E-state index in [-0.39, 0.29) is 16.8 Å². The fraction of sp³-hybridized carbons (Fsp3) is 0.917. The first-order chi connectivity index (χ1) is 6.92. The Kier molecular flexibility index (Phi) is 4.45. The lowest BCUT2D eigenvalue weighted by molar-refractivity contribution is -0.123. The molecule has 1 saturated carbocycles. The molecule has 88 valence electrons. The highest BCUT2D eigenvalue weighted by Gasteiger charge is 2.27. The van der Waals surface area contributed by atoms with Gasteiger partial charge in [0.05, 0.1) is 10.9 Å². The Balaban J connectivity index is 2.34. The standard InChI is InChI=1S/C12H22ClNO/c1-9(13)12(2,3)14-11(15)8-10-6-4-5-7-10/h9-10H,4-8H2,1-3H3,(H,14,15). The lowest BCUT2D eigenvalue weighted by Crippen LogP contribution is -2.49. The SMILES string of the molecule is CC(Cl)C(C)(C)NC(=O)CC1CCCC1. The average Bonchev–Trinajstić information content (AvgIpc) is 2.54. The summed E-state index contributed by atoms with van der Waals surface area (Å²) in [5, 5.41) is 2.96. The second-order valence-corrected chi connectivity index (χ2v) is 5.90. The number of rotatable bonds is 4. The van der Waals surface area contributed by atoms with Crippen LogP contribution in [0.1, 0.15) is 52.9 Å². The van der Waals surface area contributed by atoms with Crippen molar-refractivity contribution in [2.45, 2.75) is 63.8 Å². The Morgan fingerprint density at radius 3 is 2.47 bits per heavy atom. The van der Waals surface area contributed by atoms with Gasteiger partial charge in [0.25, 0.3) is 0 Å². The van der Waals surface area contributed by atoms with Crippen molar-refractivity contribution in [2.75, 3.05) is 0 Å². The smallest absolute Gasteiger partial charge is 0.220 e. The van der Waals surface area contributed by atoms with Crippen LogP contribution >= 0.6 is 11.6 Å². The van der Waals surface area contributed by atoms with Crippen LogP contribution in [0.5, 0.6) is 0 Å². The van der Waals surface area contributed by atoms with E-state index in [2.05, 4.69) is 5.32 Å². The summed E-state index contributed by atoms with van der Waals surface area (Å²) in [6.07, 6.45) is 5.67. The van der Waals surface area contributed by atoms with Gasteiger partial charge in [0.1, 0.15) is 0 Å². The zero-order valence-corrected chi connectivity index (χ0v) is 10.7. The van der Waals surface area contributed by atoms with Crippen molar-refractivity contribution >= 4 is 17.5 Å². The molecule has 1 atom stereocenters. The molecular weight excluding hydrogens is 210 g/mol. The molecule has 1 aliphatic rings. The van der Waals surface area contributed by atoms with Crippen molar-refractivity contribution in [3.63, 3.8) is 0 Å². The lowest BCUT2D eigenvalue weighted by atomic mass is 9.99. The van der Waals surface area contributed by atoms with Gasteiger partial charge in [0.2, 0.25) is 5.91 Å². The van der Waals surface area contributed by atoms with Gasteiger partial charge < -0.3 is 5.32 Å². The third-order valence-corrected chi connectivity index (χ3v) is 3.95. The summed E-state index contributed by atoms with van der Waals surface area (Å²) in [6.45, 7) is 5.85. The Hall–Kier alpha value is -0.240. The summed E-state index contributed by atoms with van der Waals surface area (Å²) >= 11 is 6.02. The van der Waals surface area contributed by atoms with Crippen LogP contribution in [-0.2, 0) is 4.79 Å². The Bertz CT molecular complexity index is 220. The van der Waals surface area contributed by atoms with Gasteiger partial charge in [-0.2, -0.15) is 0 Å². The first kappa shape index (κ1) is 12.8. The third kappa shape index (κ3) is 4.02. The van der Waals surface area contributed by atoms with E-state index in [1.54, 1.807) is 0 Å². The minimum atomic E-state index is -0.308. The van der Waals surface area contributed by atoms with Crippen LogP contribution in [0.3, 0.4) is 0 Å². The fourth-order valence-electron chi connectivity index (χ4n) is 1.99. The van der Waals surface area contributed by atoms with E-state index >= 15 is 0 Å². The van der Waals surface area contributed by atoms with E-state index in [0.717, 1.165) is 0 Å². The fourth-order valence-corrected chi connectivity index (χ4v) is 2.04. The van der Waals surface area contributed by atoms with Gasteiger partial charge in [0.15, 0.2) is 0 Å². The summed E-state index contributed by atoms with van der Waals surface area (Å²) in [4.78, 5) is 11.7. The Morgan fingerprint density at radius 1 is 1.47 bits per heavy atom. The topological polar surface area (TPSA) is 29.1 Å². The van der Waals surface area contributed by atoms with Crippen LogP contribution in [-0.4, -0.2) is 16.8 Å². The van der Waals surface area contributed by atoms with Gasteiger partial charge in [-0.3, -0.25) is 4.79 Å². The molecule has 3 heteroatoms. The molecule has 0 aromatic carbocycles. The highest BCUT2D eigenvalue weighted by Crippen LogP contribution is 2.27. The van der Waals surface area contributed by atoms with Crippen LogP contribution in [0.4, 0.5) is 0 Å².